The summed E-state index contributed by atoms with van der Waals surface area (Å²) in [7, 11) is 0. The monoisotopic (exact) mass is 358 g/mol. The molecule has 26 heavy (non-hydrogen) atoms. The van der Waals surface area contributed by atoms with Crippen molar-refractivity contribution < 1.29 is 14.7 Å². The van der Waals surface area contributed by atoms with Gasteiger partial charge in [-0.2, -0.15) is 4.68 Å². The average Bonchev–Trinajstić information content (AvgIpc) is 2.66. The molecule has 8 nitrogen and oxygen atoms in total. The lowest BCUT2D eigenvalue weighted by molar-refractivity contribution is -0.143. The highest BCUT2D eigenvalue weighted by Crippen LogP contribution is 2.28. The molecule has 0 radical (unpaired) electrons. The zero-order valence-electron chi connectivity index (χ0n) is 14.6. The van der Waals surface area contributed by atoms with Gasteiger partial charge in [0.25, 0.3) is 5.56 Å². The molecule has 1 fully saturated rings. The molecule has 1 atom stereocenters. The van der Waals surface area contributed by atoms with Crippen LogP contribution in [0.15, 0.2) is 29.1 Å². The van der Waals surface area contributed by atoms with Gasteiger partial charge in [0.15, 0.2) is 0 Å². The summed E-state index contributed by atoms with van der Waals surface area (Å²) >= 11 is 0. The van der Waals surface area contributed by atoms with Gasteiger partial charge in [0, 0.05) is 6.54 Å². The minimum atomic E-state index is -0.769. The molecule has 138 valence electrons. The largest absolute Gasteiger partial charge is 0.481 e. The molecule has 1 aromatic heterocycles. The Kier molecular flexibility index (Phi) is 5.29. The molecule has 8 heteroatoms. The Morgan fingerprint density at radius 3 is 2.65 bits per heavy atom. The Morgan fingerprint density at radius 1 is 1.27 bits per heavy atom. The van der Waals surface area contributed by atoms with Crippen molar-refractivity contribution in [2.24, 2.45) is 11.8 Å². The van der Waals surface area contributed by atoms with Crippen molar-refractivity contribution >= 4 is 22.8 Å². The van der Waals surface area contributed by atoms with Crippen LogP contribution in [0.25, 0.3) is 10.9 Å². The Bertz CT molecular complexity index is 871. The van der Waals surface area contributed by atoms with E-state index in [0.717, 1.165) is 17.5 Å². The number of carboxylic acids is 1. The third-order valence-electron chi connectivity index (χ3n) is 5.10. The Labute approximate surface area is 150 Å². The standard InChI is InChI=1S/C18H22N4O4/c1-11(22-17(24)14-4-2-3-5-15(14)20-21-22)16(23)19-10-12-6-8-13(9-7-12)18(25)26/h2-5,11-13H,6-10H2,1H3,(H,19,23)(H,25,26)/t11-,12?,13?/m0/s1. The minimum Gasteiger partial charge on any atom is -0.481 e. The van der Waals surface area contributed by atoms with E-state index in [1.165, 1.54) is 0 Å². The van der Waals surface area contributed by atoms with Crippen LogP contribution in [0.1, 0.15) is 38.6 Å². The van der Waals surface area contributed by atoms with E-state index >= 15 is 0 Å². The fourth-order valence-corrected chi connectivity index (χ4v) is 3.37. The summed E-state index contributed by atoms with van der Waals surface area (Å²) in [5, 5.41) is 20.2. The van der Waals surface area contributed by atoms with E-state index in [0.29, 0.717) is 30.3 Å². The number of amides is 1. The second-order valence-electron chi connectivity index (χ2n) is 6.83. The molecule has 1 aromatic carbocycles. The number of fused-ring (bicyclic) bond motifs is 1. The van der Waals surface area contributed by atoms with E-state index in [9.17, 15) is 14.4 Å². The normalized spacial score (nSPS) is 21.3. The van der Waals surface area contributed by atoms with Crippen LogP contribution in [0.2, 0.25) is 0 Å². The van der Waals surface area contributed by atoms with Gasteiger partial charge in [0.2, 0.25) is 5.91 Å². The third-order valence-corrected chi connectivity index (χ3v) is 5.10. The van der Waals surface area contributed by atoms with Gasteiger partial charge in [-0.25, -0.2) is 0 Å². The molecule has 0 unspecified atom stereocenters. The van der Waals surface area contributed by atoms with Gasteiger partial charge in [-0.1, -0.05) is 17.3 Å². The van der Waals surface area contributed by atoms with Crippen LogP contribution in [-0.4, -0.2) is 38.5 Å². The maximum atomic E-state index is 12.5. The summed E-state index contributed by atoms with van der Waals surface area (Å²) in [4.78, 5) is 35.9. The first-order chi connectivity index (χ1) is 12.5. The van der Waals surface area contributed by atoms with Crippen LogP contribution in [0.5, 0.6) is 0 Å². The van der Waals surface area contributed by atoms with Gasteiger partial charge in [0.05, 0.1) is 11.3 Å². The number of hydrogen-bond acceptors (Lipinski definition) is 5. The molecule has 1 saturated carbocycles. The number of aromatic nitrogens is 3. The molecule has 1 heterocycles. The summed E-state index contributed by atoms with van der Waals surface area (Å²) in [5.41, 5.74) is 0.150. The van der Waals surface area contributed by atoms with Crippen molar-refractivity contribution in [1.82, 2.24) is 20.3 Å². The van der Waals surface area contributed by atoms with Gasteiger partial charge in [-0.3, -0.25) is 14.4 Å². The minimum absolute atomic E-state index is 0.265. The number of nitrogens with one attached hydrogen (secondary N) is 1. The number of carbonyl (C=O) groups excluding carboxylic acids is 1. The first kappa shape index (κ1) is 18.0. The van der Waals surface area contributed by atoms with Crippen LogP contribution in [0.3, 0.4) is 0 Å². The molecule has 0 saturated heterocycles. The van der Waals surface area contributed by atoms with Gasteiger partial charge in [0.1, 0.15) is 11.6 Å². The number of carbonyl (C=O) groups is 2. The zero-order chi connectivity index (χ0) is 18.7. The number of hydrogen-bond donors (Lipinski definition) is 2. The molecular weight excluding hydrogens is 336 g/mol. The second-order valence-corrected chi connectivity index (χ2v) is 6.83. The summed E-state index contributed by atoms with van der Waals surface area (Å²) in [6.07, 6.45) is 2.84. The van der Waals surface area contributed by atoms with Crippen LogP contribution in [0.4, 0.5) is 0 Å². The van der Waals surface area contributed by atoms with Crippen LogP contribution in [0, 0.1) is 11.8 Å². The number of benzene rings is 1. The van der Waals surface area contributed by atoms with Crippen molar-refractivity contribution in [1.29, 1.82) is 0 Å². The summed E-state index contributed by atoms with van der Waals surface area (Å²) in [6, 6.07) is 6.11. The van der Waals surface area contributed by atoms with E-state index in [4.69, 9.17) is 5.11 Å². The highest BCUT2D eigenvalue weighted by atomic mass is 16.4. The molecular formula is C18H22N4O4. The van der Waals surface area contributed by atoms with E-state index < -0.39 is 12.0 Å². The van der Waals surface area contributed by atoms with Crippen molar-refractivity contribution in [2.75, 3.05) is 6.54 Å². The number of carboxylic acid groups (broad SMARTS) is 1. The smallest absolute Gasteiger partial charge is 0.306 e. The molecule has 0 aliphatic heterocycles. The van der Waals surface area contributed by atoms with E-state index in [2.05, 4.69) is 15.6 Å². The van der Waals surface area contributed by atoms with Crippen LogP contribution >= 0.6 is 0 Å². The maximum absolute atomic E-state index is 12.5. The van der Waals surface area contributed by atoms with E-state index in [1.54, 1.807) is 31.2 Å². The van der Waals surface area contributed by atoms with Gasteiger partial charge in [-0.15, -0.1) is 5.10 Å². The number of aliphatic carboxylic acids is 1. The Balaban J connectivity index is 1.61. The fourth-order valence-electron chi connectivity index (χ4n) is 3.37. The van der Waals surface area contributed by atoms with E-state index in [-0.39, 0.29) is 23.3 Å². The predicted octanol–water partition coefficient (Wildman–Crippen LogP) is 1.36. The SMILES string of the molecule is C[C@@H](C(=O)NCC1CCC(C(=O)O)CC1)n1nnc2ccccc2c1=O. The lowest BCUT2D eigenvalue weighted by Crippen LogP contribution is -2.40. The fraction of sp³-hybridized carbons (Fsp3) is 0.500. The van der Waals surface area contributed by atoms with Crippen LogP contribution < -0.4 is 10.9 Å². The summed E-state index contributed by atoms with van der Waals surface area (Å²) < 4.78 is 1.10. The molecule has 0 spiro atoms. The molecule has 2 aromatic rings. The quantitative estimate of drug-likeness (QED) is 0.834. The van der Waals surface area contributed by atoms with Crippen molar-refractivity contribution in [2.45, 2.75) is 38.6 Å². The second kappa shape index (κ2) is 7.63. The van der Waals surface area contributed by atoms with Crippen molar-refractivity contribution in [3.8, 4) is 0 Å². The van der Waals surface area contributed by atoms with Gasteiger partial charge < -0.3 is 10.4 Å². The van der Waals surface area contributed by atoms with Crippen molar-refractivity contribution in [3.63, 3.8) is 0 Å². The van der Waals surface area contributed by atoms with Gasteiger partial charge >= 0.3 is 5.97 Å². The molecule has 3 rings (SSSR count). The van der Waals surface area contributed by atoms with Crippen molar-refractivity contribution in [3.05, 3.63) is 34.6 Å². The highest BCUT2D eigenvalue weighted by molar-refractivity contribution is 5.81. The third kappa shape index (κ3) is 3.74. The van der Waals surface area contributed by atoms with E-state index in [1.807, 2.05) is 0 Å². The predicted molar refractivity (Wildman–Crippen MR) is 94.6 cm³/mol. The number of nitrogens with zero attached hydrogens (tertiary/aromatic N) is 3. The van der Waals surface area contributed by atoms with Gasteiger partial charge in [-0.05, 0) is 50.7 Å². The number of rotatable bonds is 5. The molecule has 2 N–H and O–H groups in total. The molecule has 1 aliphatic carbocycles. The Hall–Kier alpha value is -2.77. The first-order valence-corrected chi connectivity index (χ1v) is 8.82. The lowest BCUT2D eigenvalue weighted by atomic mass is 9.82. The highest BCUT2D eigenvalue weighted by Gasteiger charge is 2.27. The molecule has 1 aliphatic rings. The first-order valence-electron chi connectivity index (χ1n) is 8.82. The average molecular weight is 358 g/mol. The topological polar surface area (TPSA) is 114 Å². The van der Waals surface area contributed by atoms with Crippen LogP contribution in [-0.2, 0) is 9.59 Å². The zero-order valence-corrected chi connectivity index (χ0v) is 14.6. The molecule has 0 bridgehead atoms. The lowest BCUT2D eigenvalue weighted by Gasteiger charge is -2.26. The molecule has 1 amide bonds. The Morgan fingerprint density at radius 2 is 1.96 bits per heavy atom. The summed E-state index contributed by atoms with van der Waals surface area (Å²) in [5.74, 6) is -1.04. The summed E-state index contributed by atoms with van der Waals surface area (Å²) in [6.45, 7) is 2.09. The maximum Gasteiger partial charge on any atom is 0.306 e.